The van der Waals surface area contributed by atoms with Crippen LogP contribution in [0.15, 0.2) is 42.5 Å². The smallest absolute Gasteiger partial charge is 0.122 e. The zero-order valence-corrected chi connectivity index (χ0v) is 12.9. The number of ether oxygens (including phenoxy) is 1. The number of anilines is 2. The summed E-state index contributed by atoms with van der Waals surface area (Å²) in [6, 6.07) is 15.3. The molecule has 0 aromatic heterocycles. The highest BCUT2D eigenvalue weighted by atomic mass is 16.5. The molecule has 110 valence electrons. The summed E-state index contributed by atoms with van der Waals surface area (Å²) in [7, 11) is 4.12. The number of fused-ring (bicyclic) bond motifs is 1. The second kappa shape index (κ2) is 5.68. The second-order valence-electron chi connectivity index (χ2n) is 5.77. The van der Waals surface area contributed by atoms with E-state index in [9.17, 15) is 0 Å². The molecule has 0 radical (unpaired) electrons. The van der Waals surface area contributed by atoms with Gasteiger partial charge in [0.1, 0.15) is 5.75 Å². The molecule has 1 heterocycles. The van der Waals surface area contributed by atoms with Crippen LogP contribution in [0.2, 0.25) is 0 Å². The molecule has 1 unspecified atom stereocenters. The van der Waals surface area contributed by atoms with Gasteiger partial charge in [-0.3, -0.25) is 0 Å². The van der Waals surface area contributed by atoms with Crippen LogP contribution in [-0.4, -0.2) is 20.7 Å². The molecule has 0 fully saturated rings. The van der Waals surface area contributed by atoms with Crippen molar-refractivity contribution in [2.45, 2.75) is 19.4 Å². The Morgan fingerprint density at radius 1 is 1.10 bits per heavy atom. The van der Waals surface area contributed by atoms with Crippen molar-refractivity contribution in [2.75, 3.05) is 30.9 Å². The fourth-order valence-electron chi connectivity index (χ4n) is 2.67. The van der Waals surface area contributed by atoms with Gasteiger partial charge in [0.15, 0.2) is 0 Å². The molecule has 3 nitrogen and oxygen atoms in total. The average molecular weight is 282 g/mol. The molecule has 1 N–H and O–H groups in total. The van der Waals surface area contributed by atoms with E-state index in [1.807, 2.05) is 0 Å². The molecule has 0 aliphatic carbocycles. The SMILES string of the molecule is CC(Nc1ccc2c(c1)CCO2)c1ccc(N(C)C)cc1. The molecule has 2 aromatic carbocycles. The van der Waals surface area contributed by atoms with Gasteiger partial charge in [0.05, 0.1) is 6.61 Å². The number of hydrogen-bond acceptors (Lipinski definition) is 3. The lowest BCUT2D eigenvalue weighted by Crippen LogP contribution is -2.10. The first-order valence-corrected chi connectivity index (χ1v) is 7.43. The van der Waals surface area contributed by atoms with Gasteiger partial charge in [-0.25, -0.2) is 0 Å². The van der Waals surface area contributed by atoms with E-state index in [0.717, 1.165) is 24.5 Å². The Morgan fingerprint density at radius 3 is 2.57 bits per heavy atom. The summed E-state index contributed by atoms with van der Waals surface area (Å²) < 4.78 is 5.55. The highest BCUT2D eigenvalue weighted by Crippen LogP contribution is 2.29. The predicted molar refractivity (Wildman–Crippen MR) is 88.4 cm³/mol. The molecule has 1 aliphatic heterocycles. The lowest BCUT2D eigenvalue weighted by atomic mass is 10.1. The van der Waals surface area contributed by atoms with Gasteiger partial charge in [-0.15, -0.1) is 0 Å². The Labute approximate surface area is 126 Å². The molecular weight excluding hydrogens is 260 g/mol. The zero-order valence-electron chi connectivity index (χ0n) is 12.9. The Balaban J connectivity index is 1.72. The molecule has 0 saturated carbocycles. The van der Waals surface area contributed by atoms with Crippen LogP contribution in [0, 0.1) is 0 Å². The Kier molecular flexibility index (Phi) is 3.74. The van der Waals surface area contributed by atoms with E-state index in [2.05, 4.69) is 73.7 Å². The highest BCUT2D eigenvalue weighted by molar-refractivity contribution is 5.54. The molecule has 3 rings (SSSR count). The summed E-state index contributed by atoms with van der Waals surface area (Å²) in [4.78, 5) is 2.11. The van der Waals surface area contributed by atoms with Crippen molar-refractivity contribution in [2.24, 2.45) is 0 Å². The van der Waals surface area contributed by atoms with Gasteiger partial charge in [0, 0.05) is 37.9 Å². The molecule has 1 aliphatic rings. The van der Waals surface area contributed by atoms with Crippen molar-refractivity contribution in [1.82, 2.24) is 0 Å². The summed E-state index contributed by atoms with van der Waals surface area (Å²) in [5, 5.41) is 3.57. The van der Waals surface area contributed by atoms with Crippen molar-refractivity contribution in [3.05, 3.63) is 53.6 Å². The minimum atomic E-state index is 0.279. The first kappa shape index (κ1) is 13.8. The van der Waals surface area contributed by atoms with Gasteiger partial charge in [-0.2, -0.15) is 0 Å². The van der Waals surface area contributed by atoms with Crippen LogP contribution < -0.4 is 15.0 Å². The van der Waals surface area contributed by atoms with E-state index in [1.54, 1.807) is 0 Å². The number of benzene rings is 2. The van der Waals surface area contributed by atoms with Gasteiger partial charge in [-0.1, -0.05) is 12.1 Å². The van der Waals surface area contributed by atoms with Crippen LogP contribution in [0.5, 0.6) is 5.75 Å². The molecule has 0 amide bonds. The summed E-state index contributed by atoms with van der Waals surface area (Å²) in [6.07, 6.45) is 1.01. The van der Waals surface area contributed by atoms with Gasteiger partial charge in [0.25, 0.3) is 0 Å². The number of nitrogens with zero attached hydrogens (tertiary/aromatic N) is 1. The zero-order chi connectivity index (χ0) is 14.8. The molecule has 0 spiro atoms. The van der Waals surface area contributed by atoms with Crippen LogP contribution >= 0.6 is 0 Å². The monoisotopic (exact) mass is 282 g/mol. The van der Waals surface area contributed by atoms with Crippen LogP contribution in [0.25, 0.3) is 0 Å². The van der Waals surface area contributed by atoms with Crippen LogP contribution in [0.3, 0.4) is 0 Å². The third kappa shape index (κ3) is 2.97. The van der Waals surface area contributed by atoms with Crippen molar-refractivity contribution in [1.29, 1.82) is 0 Å². The fraction of sp³-hybridized carbons (Fsp3) is 0.333. The lowest BCUT2D eigenvalue weighted by molar-refractivity contribution is 0.357. The van der Waals surface area contributed by atoms with Gasteiger partial charge in [-0.05, 0) is 48.4 Å². The van der Waals surface area contributed by atoms with Crippen LogP contribution in [-0.2, 0) is 6.42 Å². The summed E-state index contributed by atoms with van der Waals surface area (Å²) in [6.45, 7) is 2.99. The number of hydrogen-bond donors (Lipinski definition) is 1. The van der Waals surface area contributed by atoms with Crippen LogP contribution in [0.4, 0.5) is 11.4 Å². The quantitative estimate of drug-likeness (QED) is 0.921. The maximum Gasteiger partial charge on any atom is 0.122 e. The maximum atomic E-state index is 5.55. The topological polar surface area (TPSA) is 24.5 Å². The van der Waals surface area contributed by atoms with E-state index in [4.69, 9.17) is 4.74 Å². The Bertz CT molecular complexity index is 620. The van der Waals surface area contributed by atoms with E-state index in [0.29, 0.717) is 0 Å². The van der Waals surface area contributed by atoms with Crippen molar-refractivity contribution >= 4 is 11.4 Å². The third-order valence-corrected chi connectivity index (χ3v) is 3.98. The minimum absolute atomic E-state index is 0.279. The Morgan fingerprint density at radius 2 is 1.86 bits per heavy atom. The summed E-state index contributed by atoms with van der Waals surface area (Å²) in [5.74, 6) is 1.03. The molecule has 0 saturated heterocycles. The van der Waals surface area contributed by atoms with Crippen molar-refractivity contribution in [3.63, 3.8) is 0 Å². The molecule has 21 heavy (non-hydrogen) atoms. The summed E-state index contributed by atoms with van der Waals surface area (Å²) in [5.41, 5.74) is 4.97. The van der Waals surface area contributed by atoms with Gasteiger partial charge >= 0.3 is 0 Å². The van der Waals surface area contributed by atoms with E-state index >= 15 is 0 Å². The first-order chi connectivity index (χ1) is 10.1. The van der Waals surface area contributed by atoms with E-state index in [1.165, 1.54) is 16.8 Å². The van der Waals surface area contributed by atoms with Crippen LogP contribution in [0.1, 0.15) is 24.1 Å². The molecule has 3 heteroatoms. The molecular formula is C18H22N2O. The van der Waals surface area contributed by atoms with Crippen molar-refractivity contribution < 1.29 is 4.74 Å². The normalized spacial score (nSPS) is 14.2. The molecule has 1 atom stereocenters. The Hall–Kier alpha value is -2.16. The molecule has 0 bridgehead atoms. The van der Waals surface area contributed by atoms with E-state index in [-0.39, 0.29) is 6.04 Å². The molecule has 2 aromatic rings. The van der Waals surface area contributed by atoms with E-state index < -0.39 is 0 Å². The second-order valence-corrected chi connectivity index (χ2v) is 5.77. The van der Waals surface area contributed by atoms with Gasteiger partial charge in [0.2, 0.25) is 0 Å². The van der Waals surface area contributed by atoms with Gasteiger partial charge < -0.3 is 15.0 Å². The first-order valence-electron chi connectivity index (χ1n) is 7.43. The minimum Gasteiger partial charge on any atom is -0.493 e. The highest BCUT2D eigenvalue weighted by Gasteiger charge is 2.13. The third-order valence-electron chi connectivity index (χ3n) is 3.98. The fourth-order valence-corrected chi connectivity index (χ4v) is 2.67. The number of rotatable bonds is 4. The number of nitrogens with one attached hydrogen (secondary N) is 1. The predicted octanol–water partition coefficient (Wildman–Crippen LogP) is 3.86. The largest absolute Gasteiger partial charge is 0.493 e. The maximum absolute atomic E-state index is 5.55. The summed E-state index contributed by atoms with van der Waals surface area (Å²) >= 11 is 0. The average Bonchev–Trinajstić information content (AvgIpc) is 2.95. The standard InChI is InChI=1S/C18H22N2O/c1-13(14-4-7-17(8-5-14)20(2)3)19-16-6-9-18-15(12-16)10-11-21-18/h4-9,12-13,19H,10-11H2,1-3H3. The lowest BCUT2D eigenvalue weighted by Gasteiger charge is -2.18. The van der Waals surface area contributed by atoms with Crippen molar-refractivity contribution in [3.8, 4) is 5.75 Å².